The van der Waals surface area contributed by atoms with Crippen LogP contribution in [-0.4, -0.2) is 23.9 Å². The van der Waals surface area contributed by atoms with Crippen molar-refractivity contribution in [3.05, 3.63) is 35.3 Å². The van der Waals surface area contributed by atoms with Crippen LogP contribution in [0.15, 0.2) is 35.3 Å². The molecule has 1 unspecified atom stereocenters. The molecule has 0 aromatic carbocycles. The van der Waals surface area contributed by atoms with Crippen molar-refractivity contribution in [1.29, 1.82) is 0 Å². The normalized spacial score (nSPS) is 28.4. The zero-order valence-electron chi connectivity index (χ0n) is 10.8. The maximum Gasteiger partial charge on any atom is 0.103 e. The van der Waals surface area contributed by atoms with Crippen molar-refractivity contribution in [1.82, 2.24) is 5.32 Å². The molecule has 1 heterocycles. The highest BCUT2D eigenvalue weighted by Gasteiger charge is 2.26. The van der Waals surface area contributed by atoms with Gasteiger partial charge in [-0.15, -0.1) is 0 Å². The van der Waals surface area contributed by atoms with Crippen molar-refractivity contribution in [3.63, 3.8) is 0 Å². The molecule has 94 valence electrons. The molecule has 0 radical (unpaired) electrons. The Morgan fingerprint density at radius 2 is 2.24 bits per heavy atom. The van der Waals surface area contributed by atoms with Crippen LogP contribution in [0.4, 0.5) is 0 Å². The summed E-state index contributed by atoms with van der Waals surface area (Å²) in [5, 5.41) is 13.6. The molecule has 0 aromatic rings. The Morgan fingerprint density at radius 1 is 1.47 bits per heavy atom. The van der Waals surface area contributed by atoms with Crippen molar-refractivity contribution >= 4 is 0 Å². The largest absolute Gasteiger partial charge is 0.512 e. The maximum atomic E-state index is 10.3. The number of fused-ring (bicyclic) bond motifs is 1. The highest BCUT2D eigenvalue weighted by atomic mass is 16.5. The zero-order chi connectivity index (χ0) is 12.5. The van der Waals surface area contributed by atoms with Crippen molar-refractivity contribution in [2.75, 3.05) is 13.2 Å². The van der Waals surface area contributed by atoms with Crippen molar-refractivity contribution < 1.29 is 9.84 Å². The molecule has 0 bridgehead atoms. The van der Waals surface area contributed by atoms with Crippen LogP contribution in [-0.2, 0) is 4.74 Å². The SMILES string of the molecule is CC1COC(C)(C)CNC2=CC=CCC2=C1O. The second kappa shape index (κ2) is 4.57. The fourth-order valence-corrected chi connectivity index (χ4v) is 2.05. The van der Waals surface area contributed by atoms with Gasteiger partial charge in [0.05, 0.1) is 12.2 Å². The molecule has 0 saturated carbocycles. The first-order chi connectivity index (χ1) is 7.99. The first kappa shape index (κ1) is 12.2. The summed E-state index contributed by atoms with van der Waals surface area (Å²) in [5.74, 6) is 0.491. The van der Waals surface area contributed by atoms with Crippen LogP contribution >= 0.6 is 0 Å². The monoisotopic (exact) mass is 235 g/mol. The second-order valence-electron chi connectivity index (χ2n) is 5.40. The van der Waals surface area contributed by atoms with Gasteiger partial charge in [-0.05, 0) is 26.3 Å². The van der Waals surface area contributed by atoms with Crippen LogP contribution in [0.3, 0.4) is 0 Å². The summed E-state index contributed by atoms with van der Waals surface area (Å²) in [4.78, 5) is 0. The summed E-state index contributed by atoms with van der Waals surface area (Å²) < 4.78 is 5.83. The summed E-state index contributed by atoms with van der Waals surface area (Å²) in [6.07, 6.45) is 6.89. The average Bonchev–Trinajstić information content (AvgIpc) is 2.36. The summed E-state index contributed by atoms with van der Waals surface area (Å²) in [6, 6.07) is 0. The lowest BCUT2D eigenvalue weighted by Gasteiger charge is -2.26. The Balaban J connectivity index is 2.33. The van der Waals surface area contributed by atoms with Crippen LogP contribution in [0.2, 0.25) is 0 Å². The van der Waals surface area contributed by atoms with Gasteiger partial charge in [-0.3, -0.25) is 0 Å². The Morgan fingerprint density at radius 3 is 3.00 bits per heavy atom. The van der Waals surface area contributed by atoms with Gasteiger partial charge in [0.25, 0.3) is 0 Å². The molecule has 0 spiro atoms. The van der Waals surface area contributed by atoms with Gasteiger partial charge in [0.1, 0.15) is 5.76 Å². The smallest absolute Gasteiger partial charge is 0.103 e. The van der Waals surface area contributed by atoms with Crippen LogP contribution in [0.5, 0.6) is 0 Å². The van der Waals surface area contributed by atoms with E-state index in [9.17, 15) is 5.11 Å². The third-order valence-corrected chi connectivity index (χ3v) is 3.25. The van der Waals surface area contributed by atoms with Crippen molar-refractivity contribution in [2.45, 2.75) is 32.8 Å². The molecule has 0 saturated heterocycles. The fraction of sp³-hybridized carbons (Fsp3) is 0.571. The van der Waals surface area contributed by atoms with Gasteiger partial charge in [0.15, 0.2) is 0 Å². The zero-order valence-corrected chi connectivity index (χ0v) is 10.8. The molecule has 3 nitrogen and oxygen atoms in total. The molecule has 1 aliphatic heterocycles. The minimum atomic E-state index is -0.216. The Kier molecular flexibility index (Phi) is 3.29. The molecule has 0 aromatic heterocycles. The van der Waals surface area contributed by atoms with Crippen LogP contribution in [0.1, 0.15) is 27.2 Å². The molecule has 2 rings (SSSR count). The molecular formula is C14H21NO2. The van der Waals surface area contributed by atoms with E-state index in [2.05, 4.69) is 25.2 Å². The number of hydrogen-bond donors (Lipinski definition) is 2. The number of aliphatic hydroxyl groups is 1. The summed E-state index contributed by atoms with van der Waals surface area (Å²) in [6.45, 7) is 7.43. The molecular weight excluding hydrogens is 214 g/mol. The number of hydrogen-bond acceptors (Lipinski definition) is 3. The number of nitrogens with one attached hydrogen (secondary N) is 1. The van der Waals surface area contributed by atoms with E-state index in [1.54, 1.807) is 0 Å². The first-order valence-corrected chi connectivity index (χ1v) is 6.16. The number of ether oxygens (including phenoxy) is 1. The van der Waals surface area contributed by atoms with Gasteiger partial charge in [0, 0.05) is 23.7 Å². The Hall–Kier alpha value is -1.22. The number of allylic oxidation sites excluding steroid dienone is 4. The standard InChI is InChI=1S/C14H21NO2/c1-10-8-17-14(2,3)9-15-12-7-5-4-6-11(12)13(10)16/h4-5,7,10,15-16H,6,8-9H2,1-3H3. The predicted molar refractivity (Wildman–Crippen MR) is 68.7 cm³/mol. The topological polar surface area (TPSA) is 41.5 Å². The molecule has 0 amide bonds. The van der Waals surface area contributed by atoms with E-state index in [1.807, 2.05) is 19.1 Å². The minimum Gasteiger partial charge on any atom is -0.512 e. The van der Waals surface area contributed by atoms with Gasteiger partial charge in [-0.25, -0.2) is 0 Å². The van der Waals surface area contributed by atoms with Crippen molar-refractivity contribution in [2.24, 2.45) is 5.92 Å². The summed E-state index contributed by atoms with van der Waals surface area (Å²) >= 11 is 0. The average molecular weight is 235 g/mol. The lowest BCUT2D eigenvalue weighted by molar-refractivity contribution is -0.0285. The van der Waals surface area contributed by atoms with Gasteiger partial charge in [-0.1, -0.05) is 19.1 Å². The minimum absolute atomic E-state index is 0.0408. The van der Waals surface area contributed by atoms with Gasteiger partial charge < -0.3 is 15.2 Å². The highest BCUT2D eigenvalue weighted by Crippen LogP contribution is 2.27. The van der Waals surface area contributed by atoms with E-state index in [1.165, 1.54) is 0 Å². The molecule has 2 aliphatic rings. The lowest BCUT2D eigenvalue weighted by Crippen LogP contribution is -2.37. The number of rotatable bonds is 0. The first-order valence-electron chi connectivity index (χ1n) is 6.16. The van der Waals surface area contributed by atoms with Gasteiger partial charge in [-0.2, -0.15) is 0 Å². The summed E-state index contributed by atoms with van der Waals surface area (Å²) in [5.41, 5.74) is 1.81. The predicted octanol–water partition coefficient (Wildman–Crippen LogP) is 2.68. The van der Waals surface area contributed by atoms with E-state index < -0.39 is 0 Å². The molecule has 1 aliphatic carbocycles. The highest BCUT2D eigenvalue weighted by molar-refractivity contribution is 5.40. The molecule has 1 atom stereocenters. The molecule has 17 heavy (non-hydrogen) atoms. The third kappa shape index (κ3) is 2.72. The Bertz CT molecular complexity index is 391. The number of aliphatic hydroxyl groups excluding tert-OH is 1. The Labute approximate surface area is 103 Å². The fourth-order valence-electron chi connectivity index (χ4n) is 2.05. The molecule has 3 heteroatoms. The van der Waals surface area contributed by atoms with Crippen LogP contribution in [0.25, 0.3) is 0 Å². The maximum absolute atomic E-state index is 10.3. The van der Waals surface area contributed by atoms with Gasteiger partial charge >= 0.3 is 0 Å². The molecule has 2 N–H and O–H groups in total. The van der Waals surface area contributed by atoms with Crippen molar-refractivity contribution in [3.8, 4) is 0 Å². The second-order valence-corrected chi connectivity index (χ2v) is 5.40. The van der Waals surface area contributed by atoms with Gasteiger partial charge in [0.2, 0.25) is 0 Å². The van der Waals surface area contributed by atoms with E-state index in [0.717, 1.165) is 24.2 Å². The van der Waals surface area contributed by atoms with E-state index >= 15 is 0 Å². The van der Waals surface area contributed by atoms with Crippen LogP contribution in [0, 0.1) is 5.92 Å². The lowest BCUT2D eigenvalue weighted by atomic mass is 9.97. The van der Waals surface area contributed by atoms with Crippen LogP contribution < -0.4 is 5.32 Å². The summed E-state index contributed by atoms with van der Waals surface area (Å²) in [7, 11) is 0. The van der Waals surface area contributed by atoms with E-state index in [0.29, 0.717) is 12.4 Å². The third-order valence-electron chi connectivity index (χ3n) is 3.25. The molecule has 0 fully saturated rings. The van der Waals surface area contributed by atoms with E-state index in [4.69, 9.17) is 4.74 Å². The van der Waals surface area contributed by atoms with E-state index in [-0.39, 0.29) is 11.5 Å². The quantitative estimate of drug-likeness (QED) is 0.678.